The fourth-order valence-corrected chi connectivity index (χ4v) is 4.27. The first kappa shape index (κ1) is 22.9. The molecular formula is C25H39N5O2. The predicted molar refractivity (Wildman–Crippen MR) is 128 cm³/mol. The topological polar surface area (TPSA) is 69.2 Å². The Morgan fingerprint density at radius 1 is 1.12 bits per heavy atom. The summed E-state index contributed by atoms with van der Waals surface area (Å²) in [7, 11) is 1.81. The van der Waals surface area contributed by atoms with E-state index in [0.717, 1.165) is 81.9 Å². The summed E-state index contributed by atoms with van der Waals surface area (Å²) in [5.74, 6) is 3.22. The first-order chi connectivity index (χ1) is 15.6. The van der Waals surface area contributed by atoms with Crippen molar-refractivity contribution in [2.75, 3.05) is 52.9 Å². The van der Waals surface area contributed by atoms with E-state index in [1.54, 1.807) is 7.05 Å². The van der Waals surface area contributed by atoms with E-state index in [-0.39, 0.29) is 0 Å². The smallest absolute Gasteiger partial charge is 0.225 e. The largest absolute Gasteiger partial charge is 0.493 e. The van der Waals surface area contributed by atoms with Crippen molar-refractivity contribution in [2.24, 2.45) is 16.8 Å². The van der Waals surface area contributed by atoms with Crippen molar-refractivity contribution in [1.82, 2.24) is 20.4 Å². The highest BCUT2D eigenvalue weighted by molar-refractivity contribution is 5.80. The van der Waals surface area contributed by atoms with Crippen molar-refractivity contribution in [1.29, 1.82) is 0 Å². The molecule has 7 nitrogen and oxygen atoms in total. The normalized spacial score (nSPS) is 20.1. The van der Waals surface area contributed by atoms with E-state index in [2.05, 4.69) is 50.5 Å². The van der Waals surface area contributed by atoms with Gasteiger partial charge in [0.25, 0.3) is 0 Å². The summed E-state index contributed by atoms with van der Waals surface area (Å²) in [5, 5.41) is 6.85. The number of nitrogens with one attached hydrogen (secondary N) is 2. The predicted octanol–water partition coefficient (Wildman–Crippen LogP) is 2.39. The number of carbonyl (C=O) groups is 1. The molecule has 176 valence electrons. The van der Waals surface area contributed by atoms with Gasteiger partial charge in [0.1, 0.15) is 5.75 Å². The van der Waals surface area contributed by atoms with Crippen LogP contribution >= 0.6 is 0 Å². The van der Waals surface area contributed by atoms with Gasteiger partial charge < -0.3 is 20.3 Å². The number of guanidine groups is 1. The van der Waals surface area contributed by atoms with Gasteiger partial charge in [0.05, 0.1) is 6.61 Å². The van der Waals surface area contributed by atoms with Gasteiger partial charge in [-0.1, -0.05) is 18.6 Å². The number of amides is 1. The lowest BCUT2D eigenvalue weighted by molar-refractivity contribution is -0.139. The molecule has 0 aromatic heterocycles. The van der Waals surface area contributed by atoms with Gasteiger partial charge in [0, 0.05) is 64.3 Å². The van der Waals surface area contributed by atoms with Crippen LogP contribution in [0.1, 0.15) is 43.2 Å². The molecule has 1 saturated heterocycles. The third-order valence-electron chi connectivity index (χ3n) is 6.92. The first-order valence-corrected chi connectivity index (χ1v) is 12.3. The van der Waals surface area contributed by atoms with Crippen molar-refractivity contribution < 1.29 is 9.53 Å². The fourth-order valence-electron chi connectivity index (χ4n) is 4.27. The number of aliphatic imine (C=N–C) groups is 1. The molecule has 2 saturated carbocycles. The van der Waals surface area contributed by atoms with Crippen molar-refractivity contribution in [3.63, 3.8) is 0 Å². The van der Waals surface area contributed by atoms with Gasteiger partial charge in [0.2, 0.25) is 5.91 Å². The first-order valence-electron chi connectivity index (χ1n) is 12.3. The molecule has 0 spiro atoms. The summed E-state index contributed by atoms with van der Waals surface area (Å²) >= 11 is 0. The van der Waals surface area contributed by atoms with Gasteiger partial charge in [-0.15, -0.1) is 0 Å². The lowest BCUT2D eigenvalue weighted by Crippen LogP contribution is -2.52. The van der Waals surface area contributed by atoms with Crippen molar-refractivity contribution in [3.05, 3.63) is 29.3 Å². The number of hydrogen-bond acceptors (Lipinski definition) is 4. The standard InChI is InChI=1S/C25H39N5O2/c1-19-6-9-22(23(16-19)32-18-20-7-8-20)17-28-25(26-2)27-10-11-29-12-14-30(15-13-29)24(31)21-4-3-5-21/h6,9,16,20-21H,3-5,7-8,10-15,17-18H2,1-2H3,(H2,26,27,28). The van der Waals surface area contributed by atoms with E-state index in [9.17, 15) is 4.79 Å². The zero-order valence-electron chi connectivity index (χ0n) is 19.7. The molecule has 1 amide bonds. The van der Waals surface area contributed by atoms with Crippen LogP contribution in [0.2, 0.25) is 0 Å². The van der Waals surface area contributed by atoms with Gasteiger partial charge in [-0.05, 0) is 50.2 Å². The molecule has 3 fully saturated rings. The Balaban J connectivity index is 1.16. The number of rotatable bonds is 9. The minimum atomic E-state index is 0.311. The van der Waals surface area contributed by atoms with Gasteiger partial charge in [-0.2, -0.15) is 0 Å². The van der Waals surface area contributed by atoms with Crippen LogP contribution in [-0.2, 0) is 11.3 Å². The minimum absolute atomic E-state index is 0.311. The van der Waals surface area contributed by atoms with E-state index in [4.69, 9.17) is 4.74 Å². The lowest BCUT2D eigenvalue weighted by atomic mass is 9.84. The molecule has 1 heterocycles. The Bertz CT molecular complexity index is 796. The maximum absolute atomic E-state index is 12.4. The van der Waals surface area contributed by atoms with Crippen LogP contribution in [0.4, 0.5) is 0 Å². The van der Waals surface area contributed by atoms with E-state index < -0.39 is 0 Å². The molecule has 0 atom stereocenters. The number of aryl methyl sites for hydroxylation is 1. The highest BCUT2D eigenvalue weighted by Crippen LogP contribution is 2.31. The Morgan fingerprint density at radius 2 is 1.91 bits per heavy atom. The Kier molecular flexibility index (Phi) is 7.90. The molecule has 0 unspecified atom stereocenters. The van der Waals surface area contributed by atoms with E-state index in [1.807, 2.05) is 0 Å². The highest BCUT2D eigenvalue weighted by Gasteiger charge is 2.31. The van der Waals surface area contributed by atoms with Crippen molar-refractivity contribution >= 4 is 11.9 Å². The molecule has 1 aromatic rings. The van der Waals surface area contributed by atoms with Crippen LogP contribution in [0.15, 0.2) is 23.2 Å². The van der Waals surface area contributed by atoms with Crippen LogP contribution in [0.25, 0.3) is 0 Å². The van der Waals surface area contributed by atoms with Gasteiger partial charge in [-0.25, -0.2) is 0 Å². The van der Waals surface area contributed by atoms with Crippen LogP contribution in [0.5, 0.6) is 5.75 Å². The van der Waals surface area contributed by atoms with E-state index in [1.165, 1.54) is 24.8 Å². The number of benzene rings is 1. The molecule has 0 radical (unpaired) electrons. The zero-order chi connectivity index (χ0) is 22.3. The summed E-state index contributed by atoms with van der Waals surface area (Å²) in [6.07, 6.45) is 5.98. The second-order valence-corrected chi connectivity index (χ2v) is 9.51. The highest BCUT2D eigenvalue weighted by atomic mass is 16.5. The summed E-state index contributed by atoms with van der Waals surface area (Å²) in [4.78, 5) is 21.3. The summed E-state index contributed by atoms with van der Waals surface area (Å²) in [6, 6.07) is 6.40. The SMILES string of the molecule is CN=C(NCCN1CCN(C(=O)C2CCC2)CC1)NCc1ccc(C)cc1OCC1CC1. The molecule has 1 aliphatic heterocycles. The van der Waals surface area contributed by atoms with Gasteiger partial charge >= 0.3 is 0 Å². The van der Waals surface area contributed by atoms with Crippen LogP contribution in [0.3, 0.4) is 0 Å². The zero-order valence-corrected chi connectivity index (χ0v) is 19.7. The molecule has 2 aliphatic carbocycles. The monoisotopic (exact) mass is 441 g/mol. The van der Waals surface area contributed by atoms with Crippen molar-refractivity contribution in [3.8, 4) is 5.75 Å². The third kappa shape index (κ3) is 6.37. The molecule has 32 heavy (non-hydrogen) atoms. The Morgan fingerprint density at radius 3 is 2.56 bits per heavy atom. The molecule has 2 N–H and O–H groups in total. The molecular weight excluding hydrogens is 402 g/mol. The molecule has 3 aliphatic rings. The molecule has 4 rings (SSSR count). The number of hydrogen-bond donors (Lipinski definition) is 2. The number of ether oxygens (including phenoxy) is 1. The molecule has 1 aromatic carbocycles. The maximum atomic E-state index is 12.4. The molecule has 7 heteroatoms. The Labute approximate surface area is 192 Å². The summed E-state index contributed by atoms with van der Waals surface area (Å²) in [6.45, 7) is 9.02. The average Bonchev–Trinajstić information content (AvgIpc) is 3.59. The number of nitrogens with zero attached hydrogens (tertiary/aromatic N) is 3. The van der Waals surface area contributed by atoms with Crippen LogP contribution < -0.4 is 15.4 Å². The van der Waals surface area contributed by atoms with Crippen LogP contribution in [-0.4, -0.2) is 74.6 Å². The van der Waals surface area contributed by atoms with Gasteiger partial charge in [-0.3, -0.25) is 14.7 Å². The average molecular weight is 442 g/mol. The Hall–Kier alpha value is -2.28. The third-order valence-corrected chi connectivity index (χ3v) is 6.92. The lowest BCUT2D eigenvalue weighted by Gasteiger charge is -2.38. The minimum Gasteiger partial charge on any atom is -0.493 e. The maximum Gasteiger partial charge on any atom is 0.225 e. The molecule has 0 bridgehead atoms. The summed E-state index contributed by atoms with van der Waals surface area (Å²) < 4.78 is 6.08. The van der Waals surface area contributed by atoms with Crippen molar-refractivity contribution in [2.45, 2.75) is 45.6 Å². The number of piperazine rings is 1. The number of carbonyl (C=O) groups excluding carboxylic acids is 1. The fraction of sp³-hybridized carbons (Fsp3) is 0.680. The van der Waals surface area contributed by atoms with E-state index in [0.29, 0.717) is 18.4 Å². The summed E-state index contributed by atoms with van der Waals surface area (Å²) in [5.41, 5.74) is 2.38. The van der Waals surface area contributed by atoms with E-state index >= 15 is 0 Å². The quantitative estimate of drug-likeness (QED) is 0.455. The second-order valence-electron chi connectivity index (χ2n) is 9.51. The van der Waals surface area contributed by atoms with Gasteiger partial charge in [0.15, 0.2) is 5.96 Å². The second kappa shape index (κ2) is 11.0. The van der Waals surface area contributed by atoms with Crippen LogP contribution in [0, 0.1) is 18.8 Å².